The molecule has 6 nitrogen and oxygen atoms in total. The van der Waals surface area contributed by atoms with Crippen LogP contribution in [0.4, 0.5) is 0 Å². The smallest absolute Gasteiger partial charge is 0.352 e. The number of ketones is 1. The number of hydrogen-bond acceptors (Lipinski definition) is 4. The van der Waals surface area contributed by atoms with Gasteiger partial charge in [0.05, 0.1) is 5.56 Å². The molecular weight excluding hydrogens is 376 g/mol. The fourth-order valence-electron chi connectivity index (χ4n) is 2.49. The van der Waals surface area contributed by atoms with Gasteiger partial charge in [0, 0.05) is 28.8 Å². The lowest BCUT2D eigenvalue weighted by molar-refractivity contribution is 0.0686. The SMILES string of the molecule is Cc1onc(-c2ccc(Br)cc2)c1C(=O)c1cc(C(=O)O)n(C)c1. The van der Waals surface area contributed by atoms with Crippen LogP contribution in [0.2, 0.25) is 0 Å². The van der Waals surface area contributed by atoms with E-state index in [-0.39, 0.29) is 17.0 Å². The van der Waals surface area contributed by atoms with E-state index >= 15 is 0 Å². The first-order valence-corrected chi connectivity index (χ1v) is 7.84. The van der Waals surface area contributed by atoms with Gasteiger partial charge in [-0.25, -0.2) is 4.79 Å². The van der Waals surface area contributed by atoms with Gasteiger partial charge < -0.3 is 14.2 Å². The first-order valence-electron chi connectivity index (χ1n) is 7.05. The minimum absolute atomic E-state index is 0.0395. The van der Waals surface area contributed by atoms with Crippen molar-refractivity contribution in [2.45, 2.75) is 6.92 Å². The zero-order chi connectivity index (χ0) is 17.4. The van der Waals surface area contributed by atoms with E-state index in [1.807, 2.05) is 24.3 Å². The Morgan fingerprint density at radius 2 is 1.92 bits per heavy atom. The standard InChI is InChI=1S/C17H13BrN2O4/c1-9-14(15(19-24-9)10-3-5-12(18)6-4-10)16(21)11-7-13(17(22)23)20(2)8-11/h3-8H,1-2H3,(H,22,23). The third kappa shape index (κ3) is 2.78. The van der Waals surface area contributed by atoms with Gasteiger partial charge in [0.25, 0.3) is 0 Å². The van der Waals surface area contributed by atoms with Crippen molar-refractivity contribution in [1.82, 2.24) is 9.72 Å². The largest absolute Gasteiger partial charge is 0.477 e. The summed E-state index contributed by atoms with van der Waals surface area (Å²) < 4.78 is 7.51. The van der Waals surface area contributed by atoms with Crippen LogP contribution in [0, 0.1) is 6.92 Å². The van der Waals surface area contributed by atoms with Gasteiger partial charge in [0.1, 0.15) is 17.1 Å². The highest BCUT2D eigenvalue weighted by Gasteiger charge is 2.25. The molecule has 3 rings (SSSR count). The van der Waals surface area contributed by atoms with E-state index in [0.717, 1.165) is 10.0 Å². The van der Waals surface area contributed by atoms with E-state index in [9.17, 15) is 9.59 Å². The molecule has 0 aliphatic heterocycles. The summed E-state index contributed by atoms with van der Waals surface area (Å²) in [6, 6.07) is 8.69. The molecule has 0 bridgehead atoms. The zero-order valence-corrected chi connectivity index (χ0v) is 14.5. The lowest BCUT2D eigenvalue weighted by Gasteiger charge is -2.01. The molecule has 0 atom stereocenters. The van der Waals surface area contributed by atoms with Crippen molar-refractivity contribution < 1.29 is 19.2 Å². The van der Waals surface area contributed by atoms with Crippen molar-refractivity contribution in [3.8, 4) is 11.3 Å². The van der Waals surface area contributed by atoms with E-state index in [4.69, 9.17) is 9.63 Å². The molecule has 1 N–H and O–H groups in total. The van der Waals surface area contributed by atoms with Gasteiger partial charge >= 0.3 is 5.97 Å². The number of hydrogen-bond donors (Lipinski definition) is 1. The Kier molecular flexibility index (Phi) is 4.11. The minimum Gasteiger partial charge on any atom is -0.477 e. The Hall–Kier alpha value is -2.67. The number of carboxylic acid groups (broad SMARTS) is 1. The second-order valence-corrected chi connectivity index (χ2v) is 6.24. The van der Waals surface area contributed by atoms with Crippen LogP contribution in [0.3, 0.4) is 0 Å². The summed E-state index contributed by atoms with van der Waals surface area (Å²) >= 11 is 3.36. The molecule has 7 heteroatoms. The number of carboxylic acids is 1. The molecule has 0 fully saturated rings. The second kappa shape index (κ2) is 6.09. The number of halogens is 1. The number of aromatic carboxylic acids is 1. The maximum absolute atomic E-state index is 12.9. The van der Waals surface area contributed by atoms with Crippen LogP contribution in [0.5, 0.6) is 0 Å². The molecule has 0 unspecified atom stereocenters. The second-order valence-electron chi connectivity index (χ2n) is 5.33. The number of aromatic nitrogens is 2. The molecule has 0 aliphatic carbocycles. The Balaban J connectivity index is 2.08. The predicted octanol–water partition coefficient (Wildman–Crippen LogP) is 3.68. The molecule has 0 spiro atoms. The first-order chi connectivity index (χ1) is 11.4. The molecule has 3 aromatic rings. The quantitative estimate of drug-likeness (QED) is 0.688. The van der Waals surface area contributed by atoms with Crippen LogP contribution in [0.25, 0.3) is 11.3 Å². The number of benzene rings is 1. The molecule has 0 amide bonds. The van der Waals surface area contributed by atoms with Crippen LogP contribution in [0.15, 0.2) is 45.5 Å². The Bertz CT molecular complexity index is 938. The number of rotatable bonds is 4. The lowest BCUT2D eigenvalue weighted by atomic mass is 10.00. The van der Waals surface area contributed by atoms with Crippen molar-refractivity contribution in [3.63, 3.8) is 0 Å². The average molecular weight is 389 g/mol. The van der Waals surface area contributed by atoms with Crippen molar-refractivity contribution in [3.05, 3.63) is 63.6 Å². The number of carbonyl (C=O) groups excluding carboxylic acids is 1. The van der Waals surface area contributed by atoms with Gasteiger partial charge in [-0.2, -0.15) is 0 Å². The number of nitrogens with zero attached hydrogens (tertiary/aromatic N) is 2. The average Bonchev–Trinajstić information content (AvgIpc) is 3.11. The Morgan fingerprint density at radius 3 is 2.50 bits per heavy atom. The van der Waals surface area contributed by atoms with E-state index in [1.54, 1.807) is 14.0 Å². The molecule has 0 saturated carbocycles. The third-order valence-corrected chi connectivity index (χ3v) is 4.22. The van der Waals surface area contributed by atoms with Crippen LogP contribution >= 0.6 is 15.9 Å². The summed E-state index contributed by atoms with van der Waals surface area (Å²) in [6.45, 7) is 1.66. The summed E-state index contributed by atoms with van der Waals surface area (Å²) in [5.74, 6) is -1.03. The van der Waals surface area contributed by atoms with E-state index in [2.05, 4.69) is 21.1 Å². The van der Waals surface area contributed by atoms with Gasteiger partial charge in [-0.1, -0.05) is 33.2 Å². The summed E-state index contributed by atoms with van der Waals surface area (Å²) in [5.41, 5.74) is 1.83. The maximum atomic E-state index is 12.9. The van der Waals surface area contributed by atoms with E-state index < -0.39 is 5.97 Å². The van der Waals surface area contributed by atoms with Crippen molar-refractivity contribution in [2.24, 2.45) is 7.05 Å². The minimum atomic E-state index is -1.09. The molecule has 2 heterocycles. The van der Waals surface area contributed by atoms with Gasteiger partial charge in [-0.3, -0.25) is 4.79 Å². The molecule has 0 saturated heterocycles. The summed E-state index contributed by atoms with van der Waals surface area (Å²) in [5, 5.41) is 13.1. The molecule has 0 aliphatic rings. The Morgan fingerprint density at radius 1 is 1.25 bits per heavy atom. The molecule has 0 radical (unpaired) electrons. The monoisotopic (exact) mass is 388 g/mol. The van der Waals surface area contributed by atoms with E-state index in [1.165, 1.54) is 16.8 Å². The Labute approximate surface area is 145 Å². The summed E-state index contributed by atoms with van der Waals surface area (Å²) in [4.78, 5) is 24.0. The number of aryl methyl sites for hydroxylation is 2. The highest BCUT2D eigenvalue weighted by molar-refractivity contribution is 9.10. The van der Waals surface area contributed by atoms with Crippen LogP contribution in [-0.4, -0.2) is 26.6 Å². The molecular formula is C17H13BrN2O4. The first kappa shape index (κ1) is 16.2. The molecule has 1 aromatic carbocycles. The fourth-order valence-corrected chi connectivity index (χ4v) is 2.75. The highest BCUT2D eigenvalue weighted by Crippen LogP contribution is 2.29. The zero-order valence-electron chi connectivity index (χ0n) is 12.9. The van der Waals surface area contributed by atoms with Crippen LogP contribution in [-0.2, 0) is 7.05 Å². The third-order valence-electron chi connectivity index (χ3n) is 3.69. The van der Waals surface area contributed by atoms with Crippen LogP contribution in [0.1, 0.15) is 32.2 Å². The van der Waals surface area contributed by atoms with Crippen LogP contribution < -0.4 is 0 Å². The molecule has 24 heavy (non-hydrogen) atoms. The van der Waals surface area contributed by atoms with Gasteiger partial charge in [-0.15, -0.1) is 0 Å². The lowest BCUT2D eigenvalue weighted by Crippen LogP contribution is -2.03. The van der Waals surface area contributed by atoms with E-state index in [0.29, 0.717) is 17.0 Å². The molecule has 122 valence electrons. The van der Waals surface area contributed by atoms with Crippen molar-refractivity contribution in [1.29, 1.82) is 0 Å². The topological polar surface area (TPSA) is 85.3 Å². The summed E-state index contributed by atoms with van der Waals surface area (Å²) in [6.07, 6.45) is 1.49. The van der Waals surface area contributed by atoms with Gasteiger partial charge in [-0.05, 0) is 25.1 Å². The van der Waals surface area contributed by atoms with Crippen molar-refractivity contribution >= 4 is 27.7 Å². The highest BCUT2D eigenvalue weighted by atomic mass is 79.9. The fraction of sp³-hybridized carbons (Fsp3) is 0.118. The van der Waals surface area contributed by atoms with Gasteiger partial charge in [0.15, 0.2) is 5.78 Å². The normalized spacial score (nSPS) is 10.8. The predicted molar refractivity (Wildman–Crippen MR) is 90.2 cm³/mol. The van der Waals surface area contributed by atoms with Gasteiger partial charge in [0.2, 0.25) is 0 Å². The maximum Gasteiger partial charge on any atom is 0.352 e. The molecule has 2 aromatic heterocycles. The number of carbonyl (C=O) groups is 2. The van der Waals surface area contributed by atoms with Crippen molar-refractivity contribution in [2.75, 3.05) is 0 Å². The summed E-state index contributed by atoms with van der Waals surface area (Å²) in [7, 11) is 1.58.